The topological polar surface area (TPSA) is 52.3 Å². The van der Waals surface area contributed by atoms with Crippen LogP contribution in [0.4, 0.5) is 0 Å². The van der Waals surface area contributed by atoms with Crippen LogP contribution in [0.5, 0.6) is 5.75 Å². The van der Waals surface area contributed by atoms with Gasteiger partial charge in [-0.1, -0.05) is 35.3 Å². The average Bonchev–Trinajstić information content (AvgIpc) is 2.17. The molecule has 0 atom stereocenters. The van der Waals surface area contributed by atoms with Crippen LogP contribution in [0.25, 0.3) is 0 Å². The van der Waals surface area contributed by atoms with Crippen molar-refractivity contribution in [1.29, 1.82) is 0 Å². The highest BCUT2D eigenvalue weighted by Gasteiger charge is 2.33. The van der Waals surface area contributed by atoms with E-state index in [1.54, 1.807) is 24.3 Å². The molecule has 1 amide bonds. The summed E-state index contributed by atoms with van der Waals surface area (Å²) >= 11 is 11.5. The predicted molar refractivity (Wildman–Crippen MR) is 55.6 cm³/mol. The Balaban J connectivity index is 3.02. The van der Waals surface area contributed by atoms with Gasteiger partial charge in [0.05, 0.1) is 7.11 Å². The largest absolute Gasteiger partial charge is 0.497 e. The van der Waals surface area contributed by atoms with Gasteiger partial charge >= 0.3 is 0 Å². The Bertz CT molecular complexity index is 335. The normalized spacial score (nSPS) is 11.1. The molecule has 0 unspecified atom stereocenters. The number of primary amides is 1. The second kappa shape index (κ2) is 4.07. The van der Waals surface area contributed by atoms with Gasteiger partial charge in [0, 0.05) is 0 Å². The Morgan fingerprint density at radius 2 is 1.86 bits per heavy atom. The van der Waals surface area contributed by atoms with Crippen molar-refractivity contribution in [2.75, 3.05) is 7.11 Å². The van der Waals surface area contributed by atoms with Crippen LogP contribution >= 0.6 is 23.2 Å². The van der Waals surface area contributed by atoms with E-state index in [0.29, 0.717) is 11.3 Å². The second-order valence-electron chi connectivity index (χ2n) is 2.67. The van der Waals surface area contributed by atoms with Gasteiger partial charge in [0.2, 0.25) is 4.33 Å². The summed E-state index contributed by atoms with van der Waals surface area (Å²) in [6, 6.07) is 6.47. The number of amides is 1. The summed E-state index contributed by atoms with van der Waals surface area (Å²) < 4.78 is 3.25. The maximum atomic E-state index is 10.9. The first-order valence-electron chi connectivity index (χ1n) is 3.80. The van der Waals surface area contributed by atoms with Crippen LogP contribution in [0.1, 0.15) is 5.56 Å². The van der Waals surface area contributed by atoms with E-state index in [1.807, 2.05) is 0 Å². The average molecular weight is 234 g/mol. The first-order chi connectivity index (χ1) is 6.48. The second-order valence-corrected chi connectivity index (χ2v) is 3.99. The molecule has 0 aliphatic heterocycles. The highest BCUT2D eigenvalue weighted by atomic mass is 35.5. The molecule has 0 heterocycles. The Labute approximate surface area is 91.7 Å². The predicted octanol–water partition coefficient (Wildman–Crippen LogP) is 1.81. The molecule has 14 heavy (non-hydrogen) atoms. The van der Waals surface area contributed by atoms with Crippen LogP contribution in [0, 0.1) is 0 Å². The maximum Gasteiger partial charge on any atom is 0.258 e. The van der Waals surface area contributed by atoms with Crippen LogP contribution in [0.2, 0.25) is 0 Å². The van der Waals surface area contributed by atoms with E-state index in [0.717, 1.165) is 0 Å². The van der Waals surface area contributed by atoms with Crippen molar-refractivity contribution in [3.63, 3.8) is 0 Å². The number of nitrogens with two attached hydrogens (primary N) is 1. The number of carbonyl (C=O) groups excluding carboxylic acids is 1. The highest BCUT2D eigenvalue weighted by molar-refractivity contribution is 6.57. The van der Waals surface area contributed by atoms with Gasteiger partial charge in [0.15, 0.2) is 0 Å². The third-order valence-corrected chi connectivity index (χ3v) is 2.57. The summed E-state index contributed by atoms with van der Waals surface area (Å²) in [5.74, 6) is -0.145. The molecule has 0 saturated heterocycles. The van der Waals surface area contributed by atoms with Crippen molar-refractivity contribution < 1.29 is 9.53 Å². The summed E-state index contributed by atoms with van der Waals surface area (Å²) in [7, 11) is 1.54. The van der Waals surface area contributed by atoms with E-state index in [9.17, 15) is 4.79 Å². The number of ether oxygens (including phenoxy) is 1. The van der Waals surface area contributed by atoms with Crippen LogP contribution < -0.4 is 10.5 Å². The Morgan fingerprint density at radius 3 is 2.21 bits per heavy atom. The highest BCUT2D eigenvalue weighted by Crippen LogP contribution is 2.34. The van der Waals surface area contributed by atoms with Gasteiger partial charge in [-0.3, -0.25) is 4.79 Å². The van der Waals surface area contributed by atoms with E-state index in [2.05, 4.69) is 0 Å². The lowest BCUT2D eigenvalue weighted by atomic mass is 10.1. The fraction of sp³-hybridized carbons (Fsp3) is 0.222. The van der Waals surface area contributed by atoms with Gasteiger partial charge in [-0.2, -0.15) is 0 Å². The molecule has 0 bridgehead atoms. The van der Waals surface area contributed by atoms with Gasteiger partial charge in [0.1, 0.15) is 5.75 Å². The molecule has 0 aliphatic rings. The molecule has 0 saturated carbocycles. The quantitative estimate of drug-likeness (QED) is 0.811. The molecular weight excluding hydrogens is 225 g/mol. The Hall–Kier alpha value is -0.930. The zero-order chi connectivity index (χ0) is 10.8. The number of hydrogen-bond donors (Lipinski definition) is 1. The molecule has 0 fully saturated rings. The van der Waals surface area contributed by atoms with E-state index in [-0.39, 0.29) is 0 Å². The molecule has 5 heteroatoms. The monoisotopic (exact) mass is 233 g/mol. The molecule has 1 aromatic rings. The van der Waals surface area contributed by atoms with Crippen molar-refractivity contribution in [3.05, 3.63) is 29.8 Å². The van der Waals surface area contributed by atoms with Crippen LogP contribution in [0.15, 0.2) is 24.3 Å². The molecule has 0 aromatic heterocycles. The SMILES string of the molecule is COc1ccc(C(Cl)(Cl)C(N)=O)cc1. The van der Waals surface area contributed by atoms with Crippen molar-refractivity contribution in [2.24, 2.45) is 5.73 Å². The minimum absolute atomic E-state index is 0.425. The van der Waals surface area contributed by atoms with Crippen molar-refractivity contribution in [2.45, 2.75) is 4.33 Å². The maximum absolute atomic E-state index is 10.9. The molecule has 0 aliphatic carbocycles. The third-order valence-electron chi connectivity index (χ3n) is 1.76. The summed E-state index contributed by atoms with van der Waals surface area (Å²) in [5, 5.41) is 0. The number of halogens is 2. The number of benzene rings is 1. The van der Waals surface area contributed by atoms with Crippen molar-refractivity contribution in [3.8, 4) is 5.75 Å². The van der Waals surface area contributed by atoms with E-state index >= 15 is 0 Å². The molecular formula is C9H9Cl2NO2. The summed E-state index contributed by atoms with van der Waals surface area (Å²) in [5.41, 5.74) is 5.46. The molecule has 76 valence electrons. The summed E-state index contributed by atoms with van der Waals surface area (Å²) in [6.45, 7) is 0. The van der Waals surface area contributed by atoms with Gasteiger partial charge in [-0.25, -0.2) is 0 Å². The van der Waals surface area contributed by atoms with Gasteiger partial charge < -0.3 is 10.5 Å². The van der Waals surface area contributed by atoms with Gasteiger partial charge in [-0.05, 0) is 17.7 Å². The van der Waals surface area contributed by atoms with E-state index < -0.39 is 10.2 Å². The summed E-state index contributed by atoms with van der Waals surface area (Å²) in [6.07, 6.45) is 0. The van der Waals surface area contributed by atoms with Crippen LogP contribution in [-0.4, -0.2) is 13.0 Å². The smallest absolute Gasteiger partial charge is 0.258 e. The molecule has 2 N–H and O–H groups in total. The lowest BCUT2D eigenvalue weighted by Crippen LogP contribution is -2.30. The standard InChI is InChI=1S/C9H9Cl2NO2/c1-14-7-4-2-6(3-5-7)9(10,11)8(12)13/h2-5H,1H3,(H2,12,13). The molecule has 1 aromatic carbocycles. The van der Waals surface area contributed by atoms with Crippen LogP contribution in [0.3, 0.4) is 0 Å². The zero-order valence-electron chi connectivity index (χ0n) is 7.46. The molecule has 1 rings (SSSR count). The number of carbonyl (C=O) groups is 1. The number of hydrogen-bond acceptors (Lipinski definition) is 2. The summed E-state index contributed by atoms with van der Waals surface area (Å²) in [4.78, 5) is 10.9. The molecule has 0 radical (unpaired) electrons. The minimum atomic E-state index is -1.69. The zero-order valence-corrected chi connectivity index (χ0v) is 8.97. The van der Waals surface area contributed by atoms with Gasteiger partial charge in [0.25, 0.3) is 5.91 Å². The number of alkyl halides is 2. The number of rotatable bonds is 3. The van der Waals surface area contributed by atoms with E-state index in [1.165, 1.54) is 7.11 Å². The number of methoxy groups -OCH3 is 1. The van der Waals surface area contributed by atoms with E-state index in [4.69, 9.17) is 33.7 Å². The Kier molecular flexibility index (Phi) is 3.24. The molecule has 0 spiro atoms. The first kappa shape index (κ1) is 11.1. The lowest BCUT2D eigenvalue weighted by molar-refractivity contribution is -0.118. The van der Waals surface area contributed by atoms with Gasteiger partial charge in [-0.15, -0.1) is 0 Å². The third kappa shape index (κ3) is 2.11. The van der Waals surface area contributed by atoms with Crippen LogP contribution in [-0.2, 0) is 9.13 Å². The molecule has 3 nitrogen and oxygen atoms in total. The van der Waals surface area contributed by atoms with Crippen molar-refractivity contribution in [1.82, 2.24) is 0 Å². The Morgan fingerprint density at radius 1 is 1.36 bits per heavy atom. The minimum Gasteiger partial charge on any atom is -0.497 e. The first-order valence-corrected chi connectivity index (χ1v) is 4.56. The fourth-order valence-electron chi connectivity index (χ4n) is 0.943. The van der Waals surface area contributed by atoms with Crippen molar-refractivity contribution >= 4 is 29.1 Å². The fourth-order valence-corrected chi connectivity index (χ4v) is 1.19. The lowest BCUT2D eigenvalue weighted by Gasteiger charge is -2.15.